The molecule has 0 aliphatic carbocycles. The lowest BCUT2D eigenvalue weighted by Crippen LogP contribution is -2.36. The van der Waals surface area contributed by atoms with Gasteiger partial charge in [0.2, 0.25) is 5.91 Å². The molecule has 0 atom stereocenters. The third-order valence-electron chi connectivity index (χ3n) is 5.62. The number of hydrogen-bond acceptors (Lipinski definition) is 2. The van der Waals surface area contributed by atoms with Gasteiger partial charge in [-0.15, -0.1) is 0 Å². The van der Waals surface area contributed by atoms with Gasteiger partial charge in [-0.1, -0.05) is 78.9 Å². The van der Waals surface area contributed by atoms with E-state index in [2.05, 4.69) is 0 Å². The van der Waals surface area contributed by atoms with E-state index < -0.39 is 0 Å². The molecule has 4 aromatic rings. The first-order valence-corrected chi connectivity index (χ1v) is 10.5. The lowest BCUT2D eigenvalue weighted by atomic mass is 10.1. The number of para-hydroxylation sites is 1. The largest absolute Gasteiger partial charge is 0.332 e. The number of aromatic nitrogens is 1. The van der Waals surface area contributed by atoms with Crippen molar-refractivity contribution in [1.29, 1.82) is 0 Å². The molecular weight excluding hydrogens is 384 g/mol. The van der Waals surface area contributed by atoms with E-state index in [1.54, 1.807) is 10.6 Å². The fourth-order valence-corrected chi connectivity index (χ4v) is 4.02. The van der Waals surface area contributed by atoms with E-state index >= 15 is 0 Å². The van der Waals surface area contributed by atoms with Crippen molar-refractivity contribution in [2.24, 2.45) is 0 Å². The number of pyridine rings is 1. The van der Waals surface area contributed by atoms with E-state index in [-0.39, 0.29) is 18.0 Å². The highest BCUT2D eigenvalue weighted by molar-refractivity contribution is 5.87. The maximum atomic E-state index is 13.5. The van der Waals surface area contributed by atoms with Crippen LogP contribution in [0.15, 0.2) is 89.7 Å². The fourth-order valence-electron chi connectivity index (χ4n) is 4.02. The van der Waals surface area contributed by atoms with Gasteiger partial charge in [0.1, 0.15) is 6.54 Å². The molecule has 0 unspecified atom stereocenters. The van der Waals surface area contributed by atoms with E-state index in [1.807, 2.05) is 97.6 Å². The number of benzene rings is 3. The molecule has 1 heterocycles. The summed E-state index contributed by atoms with van der Waals surface area (Å²) in [6.45, 7) is 4.92. The molecule has 0 aliphatic heterocycles. The van der Waals surface area contributed by atoms with Gasteiger partial charge in [0, 0.05) is 24.5 Å². The summed E-state index contributed by atoms with van der Waals surface area (Å²) in [5.41, 5.74) is 4.72. The Kier molecular flexibility index (Phi) is 5.99. The second kappa shape index (κ2) is 9.00. The number of nitrogens with zero attached hydrogens (tertiary/aromatic N) is 2. The van der Waals surface area contributed by atoms with Gasteiger partial charge in [-0.25, -0.2) is 0 Å². The number of rotatable bonds is 6. The third kappa shape index (κ3) is 4.58. The quantitative estimate of drug-likeness (QED) is 0.456. The standard InChI is InChI=1S/C27H26N2O2/c1-20-10-9-15-24-21(2)16-25(30)29(27(20)24)19-26(31)28(17-22-11-5-3-6-12-22)18-23-13-7-4-8-14-23/h3-16H,17-19H2,1-2H3. The summed E-state index contributed by atoms with van der Waals surface area (Å²) >= 11 is 0. The number of hydrogen-bond donors (Lipinski definition) is 0. The molecule has 1 amide bonds. The van der Waals surface area contributed by atoms with Gasteiger partial charge >= 0.3 is 0 Å². The van der Waals surface area contributed by atoms with E-state index in [4.69, 9.17) is 0 Å². The molecular formula is C27H26N2O2. The van der Waals surface area contributed by atoms with Gasteiger partial charge in [-0.2, -0.15) is 0 Å². The SMILES string of the molecule is Cc1cc(=O)n(CC(=O)N(Cc2ccccc2)Cc2ccccc2)c2c(C)cccc12. The maximum absolute atomic E-state index is 13.5. The maximum Gasteiger partial charge on any atom is 0.251 e. The van der Waals surface area contributed by atoms with Crippen molar-refractivity contribution in [3.8, 4) is 0 Å². The van der Waals surface area contributed by atoms with Crippen LogP contribution in [0.25, 0.3) is 10.9 Å². The smallest absolute Gasteiger partial charge is 0.251 e. The zero-order valence-electron chi connectivity index (χ0n) is 17.9. The molecule has 3 aromatic carbocycles. The number of carbonyl (C=O) groups excluding carboxylic acids is 1. The molecule has 1 aromatic heterocycles. The van der Waals surface area contributed by atoms with Crippen molar-refractivity contribution in [3.05, 3.63) is 118 Å². The molecule has 0 spiro atoms. The lowest BCUT2D eigenvalue weighted by molar-refractivity contribution is -0.133. The summed E-state index contributed by atoms with van der Waals surface area (Å²) in [5, 5.41) is 1.00. The van der Waals surface area contributed by atoms with Crippen molar-refractivity contribution in [1.82, 2.24) is 9.47 Å². The molecule has 0 saturated heterocycles. The molecule has 0 radical (unpaired) electrons. The van der Waals surface area contributed by atoms with Crippen molar-refractivity contribution >= 4 is 16.8 Å². The first kappa shape index (κ1) is 20.6. The summed E-state index contributed by atoms with van der Waals surface area (Å²) in [7, 11) is 0. The summed E-state index contributed by atoms with van der Waals surface area (Å²) in [4.78, 5) is 28.2. The number of aryl methyl sites for hydroxylation is 2. The zero-order chi connectivity index (χ0) is 21.8. The summed E-state index contributed by atoms with van der Waals surface area (Å²) in [5.74, 6) is -0.0804. The molecule has 4 rings (SSSR count). The minimum atomic E-state index is -0.146. The van der Waals surface area contributed by atoms with Crippen LogP contribution in [-0.2, 0) is 24.4 Å². The Hall–Kier alpha value is -3.66. The zero-order valence-corrected chi connectivity index (χ0v) is 17.9. The number of amides is 1. The average molecular weight is 411 g/mol. The van der Waals surface area contributed by atoms with Crippen LogP contribution >= 0.6 is 0 Å². The lowest BCUT2D eigenvalue weighted by Gasteiger charge is -2.24. The predicted octanol–water partition coefficient (Wildman–Crippen LogP) is 4.85. The fraction of sp³-hybridized carbons (Fsp3) is 0.185. The topological polar surface area (TPSA) is 42.3 Å². The first-order valence-electron chi connectivity index (χ1n) is 10.5. The Morgan fingerprint density at radius 2 is 1.35 bits per heavy atom. The van der Waals surface area contributed by atoms with E-state index in [0.29, 0.717) is 13.1 Å². The average Bonchev–Trinajstić information content (AvgIpc) is 2.77. The minimum Gasteiger partial charge on any atom is -0.332 e. The normalized spacial score (nSPS) is 10.9. The Bertz CT molecular complexity index is 1220. The molecule has 31 heavy (non-hydrogen) atoms. The first-order chi connectivity index (χ1) is 15.0. The molecule has 0 fully saturated rings. The number of fused-ring (bicyclic) bond motifs is 1. The summed E-state index contributed by atoms with van der Waals surface area (Å²) < 4.78 is 1.61. The second-order valence-electron chi connectivity index (χ2n) is 7.94. The van der Waals surface area contributed by atoms with Crippen LogP contribution in [0.5, 0.6) is 0 Å². The van der Waals surface area contributed by atoms with E-state index in [1.165, 1.54) is 0 Å². The monoisotopic (exact) mass is 410 g/mol. The molecule has 4 heteroatoms. The van der Waals surface area contributed by atoms with Crippen LogP contribution in [-0.4, -0.2) is 15.4 Å². The van der Waals surface area contributed by atoms with Crippen LogP contribution in [0, 0.1) is 13.8 Å². The van der Waals surface area contributed by atoms with Crippen LogP contribution in [0.1, 0.15) is 22.3 Å². The Morgan fingerprint density at radius 1 is 0.774 bits per heavy atom. The van der Waals surface area contributed by atoms with Crippen molar-refractivity contribution in [2.45, 2.75) is 33.5 Å². The highest BCUT2D eigenvalue weighted by atomic mass is 16.2. The molecule has 4 nitrogen and oxygen atoms in total. The number of carbonyl (C=O) groups is 1. The van der Waals surface area contributed by atoms with Crippen LogP contribution in [0.2, 0.25) is 0 Å². The van der Waals surface area contributed by atoms with E-state index in [9.17, 15) is 9.59 Å². The van der Waals surface area contributed by atoms with Crippen LogP contribution in [0.3, 0.4) is 0 Å². The van der Waals surface area contributed by atoms with Crippen LogP contribution < -0.4 is 5.56 Å². The third-order valence-corrected chi connectivity index (χ3v) is 5.62. The van der Waals surface area contributed by atoms with Gasteiger partial charge in [-0.3, -0.25) is 14.2 Å². The van der Waals surface area contributed by atoms with Crippen molar-refractivity contribution in [3.63, 3.8) is 0 Å². The summed E-state index contributed by atoms with van der Waals surface area (Å²) in [6, 6.07) is 27.5. The highest BCUT2D eigenvalue weighted by Gasteiger charge is 2.18. The summed E-state index contributed by atoms with van der Waals surface area (Å²) in [6.07, 6.45) is 0. The Balaban J connectivity index is 1.70. The molecule has 0 aliphatic rings. The predicted molar refractivity (Wildman–Crippen MR) is 125 cm³/mol. The minimum absolute atomic E-state index is 0.0140. The highest BCUT2D eigenvalue weighted by Crippen LogP contribution is 2.20. The van der Waals surface area contributed by atoms with Crippen LogP contribution in [0.4, 0.5) is 0 Å². The Labute approximate surface area is 182 Å². The van der Waals surface area contributed by atoms with Crippen molar-refractivity contribution < 1.29 is 4.79 Å². The van der Waals surface area contributed by atoms with Gasteiger partial charge in [0.15, 0.2) is 0 Å². The van der Waals surface area contributed by atoms with E-state index in [0.717, 1.165) is 33.2 Å². The van der Waals surface area contributed by atoms with Crippen molar-refractivity contribution in [2.75, 3.05) is 0 Å². The van der Waals surface area contributed by atoms with Gasteiger partial charge < -0.3 is 4.90 Å². The second-order valence-corrected chi connectivity index (χ2v) is 7.94. The van der Waals surface area contributed by atoms with Gasteiger partial charge in [-0.05, 0) is 36.1 Å². The molecule has 0 bridgehead atoms. The Morgan fingerprint density at radius 3 is 1.94 bits per heavy atom. The molecule has 156 valence electrons. The molecule has 0 saturated carbocycles. The van der Waals surface area contributed by atoms with Gasteiger partial charge in [0.25, 0.3) is 5.56 Å². The molecule has 0 N–H and O–H groups in total. The van der Waals surface area contributed by atoms with Gasteiger partial charge in [0.05, 0.1) is 5.52 Å².